The Bertz CT molecular complexity index is 609. The maximum atomic E-state index is 10.9. The number of rotatable bonds is 5. The van der Waals surface area contributed by atoms with E-state index in [1.54, 1.807) is 13.0 Å². The molecule has 0 heterocycles. The summed E-state index contributed by atoms with van der Waals surface area (Å²) in [5.41, 5.74) is 0.298. The highest BCUT2D eigenvalue weighted by atomic mass is 79.9. The largest absolute Gasteiger partial charge is 0.494 e. The standard InChI is InChI=1S/C17H18BrClO2/c1-3-10-21-14-7-4-12(5-8-14)17(2,20)15-9-6-13(18)11-16(15)19/h4-9,11,20H,3,10H2,1-2H3. The molecule has 0 aliphatic heterocycles. The maximum absolute atomic E-state index is 10.9. The molecule has 2 rings (SSSR count). The molecule has 0 aliphatic carbocycles. The van der Waals surface area contributed by atoms with Crippen LogP contribution in [0.1, 0.15) is 31.4 Å². The zero-order chi connectivity index (χ0) is 15.5. The highest BCUT2D eigenvalue weighted by molar-refractivity contribution is 9.10. The lowest BCUT2D eigenvalue weighted by Crippen LogP contribution is -2.23. The van der Waals surface area contributed by atoms with Gasteiger partial charge in [0.1, 0.15) is 11.4 Å². The molecule has 0 amide bonds. The fourth-order valence-electron chi connectivity index (χ4n) is 2.14. The molecule has 1 atom stereocenters. The summed E-state index contributed by atoms with van der Waals surface area (Å²) in [6.45, 7) is 4.49. The highest BCUT2D eigenvalue weighted by Gasteiger charge is 2.28. The van der Waals surface area contributed by atoms with Crippen molar-refractivity contribution < 1.29 is 9.84 Å². The van der Waals surface area contributed by atoms with Crippen molar-refractivity contribution in [2.45, 2.75) is 25.9 Å². The maximum Gasteiger partial charge on any atom is 0.119 e. The van der Waals surface area contributed by atoms with E-state index in [0.717, 1.165) is 22.2 Å². The van der Waals surface area contributed by atoms with E-state index in [9.17, 15) is 5.11 Å². The molecule has 0 bridgehead atoms. The second-order valence-corrected chi connectivity index (χ2v) is 6.39. The Morgan fingerprint density at radius 3 is 2.43 bits per heavy atom. The molecule has 0 radical (unpaired) electrons. The van der Waals surface area contributed by atoms with Gasteiger partial charge in [0.15, 0.2) is 0 Å². The van der Waals surface area contributed by atoms with Crippen LogP contribution in [0.15, 0.2) is 46.9 Å². The van der Waals surface area contributed by atoms with Gasteiger partial charge in [-0.05, 0) is 43.2 Å². The summed E-state index contributed by atoms with van der Waals surface area (Å²) < 4.78 is 6.44. The van der Waals surface area contributed by atoms with Crippen LogP contribution in [-0.4, -0.2) is 11.7 Å². The Morgan fingerprint density at radius 2 is 1.86 bits per heavy atom. The van der Waals surface area contributed by atoms with E-state index < -0.39 is 5.60 Å². The van der Waals surface area contributed by atoms with Crippen LogP contribution in [0.25, 0.3) is 0 Å². The van der Waals surface area contributed by atoms with Gasteiger partial charge in [-0.3, -0.25) is 0 Å². The van der Waals surface area contributed by atoms with E-state index in [1.165, 1.54) is 0 Å². The normalized spacial score (nSPS) is 13.8. The van der Waals surface area contributed by atoms with Gasteiger partial charge >= 0.3 is 0 Å². The van der Waals surface area contributed by atoms with Crippen molar-refractivity contribution in [2.24, 2.45) is 0 Å². The second kappa shape index (κ2) is 6.82. The van der Waals surface area contributed by atoms with Crippen molar-refractivity contribution in [3.8, 4) is 5.75 Å². The Morgan fingerprint density at radius 1 is 1.19 bits per heavy atom. The van der Waals surface area contributed by atoms with Crippen molar-refractivity contribution in [1.82, 2.24) is 0 Å². The van der Waals surface area contributed by atoms with Crippen LogP contribution in [0.2, 0.25) is 5.02 Å². The summed E-state index contributed by atoms with van der Waals surface area (Å²) in [6, 6.07) is 12.9. The quantitative estimate of drug-likeness (QED) is 0.790. The van der Waals surface area contributed by atoms with E-state index in [2.05, 4.69) is 22.9 Å². The van der Waals surface area contributed by atoms with E-state index >= 15 is 0 Å². The number of aliphatic hydroxyl groups is 1. The molecule has 1 unspecified atom stereocenters. The SMILES string of the molecule is CCCOc1ccc(C(C)(O)c2ccc(Br)cc2Cl)cc1. The van der Waals surface area contributed by atoms with Gasteiger partial charge in [-0.15, -0.1) is 0 Å². The van der Waals surface area contributed by atoms with Gasteiger partial charge in [-0.25, -0.2) is 0 Å². The molecule has 2 aromatic carbocycles. The summed E-state index contributed by atoms with van der Waals surface area (Å²) in [7, 11) is 0. The first kappa shape index (κ1) is 16.3. The molecule has 21 heavy (non-hydrogen) atoms. The molecule has 0 spiro atoms. The van der Waals surface area contributed by atoms with E-state index in [4.69, 9.17) is 16.3 Å². The van der Waals surface area contributed by atoms with Crippen molar-refractivity contribution in [1.29, 1.82) is 0 Å². The van der Waals surface area contributed by atoms with Gasteiger partial charge in [0.25, 0.3) is 0 Å². The van der Waals surface area contributed by atoms with Crippen LogP contribution in [0.5, 0.6) is 5.75 Å². The first-order chi connectivity index (χ1) is 9.95. The first-order valence-corrected chi connectivity index (χ1v) is 8.03. The molecule has 112 valence electrons. The monoisotopic (exact) mass is 368 g/mol. The number of hydrogen-bond acceptors (Lipinski definition) is 2. The van der Waals surface area contributed by atoms with Crippen LogP contribution >= 0.6 is 27.5 Å². The summed E-state index contributed by atoms with van der Waals surface area (Å²) in [5.74, 6) is 0.804. The van der Waals surface area contributed by atoms with Gasteiger partial charge in [-0.2, -0.15) is 0 Å². The molecule has 2 nitrogen and oxygen atoms in total. The van der Waals surface area contributed by atoms with Gasteiger partial charge in [0.2, 0.25) is 0 Å². The van der Waals surface area contributed by atoms with Gasteiger partial charge in [-0.1, -0.05) is 52.7 Å². The smallest absolute Gasteiger partial charge is 0.119 e. The summed E-state index contributed by atoms with van der Waals surface area (Å²) >= 11 is 9.62. The molecule has 2 aromatic rings. The molecule has 1 N–H and O–H groups in total. The van der Waals surface area contributed by atoms with Crippen LogP contribution in [-0.2, 0) is 5.60 Å². The molecule has 4 heteroatoms. The third-order valence-corrected chi connectivity index (χ3v) is 4.15. The predicted octanol–water partition coefficient (Wildman–Crippen LogP) is 5.15. The summed E-state index contributed by atoms with van der Waals surface area (Å²) in [4.78, 5) is 0. The van der Waals surface area contributed by atoms with Crippen molar-refractivity contribution >= 4 is 27.5 Å². The van der Waals surface area contributed by atoms with Crippen LogP contribution in [0.4, 0.5) is 0 Å². The van der Waals surface area contributed by atoms with Crippen molar-refractivity contribution in [3.63, 3.8) is 0 Å². The minimum absolute atomic E-state index is 0.528. The molecular formula is C17H18BrClO2. The molecule has 0 saturated heterocycles. The van der Waals surface area contributed by atoms with Crippen LogP contribution < -0.4 is 4.74 Å². The first-order valence-electron chi connectivity index (χ1n) is 6.86. The topological polar surface area (TPSA) is 29.5 Å². The Kier molecular flexibility index (Phi) is 5.31. The average Bonchev–Trinajstić information content (AvgIpc) is 2.45. The third-order valence-electron chi connectivity index (χ3n) is 3.34. The average molecular weight is 370 g/mol. The Labute approximate surface area is 138 Å². The highest BCUT2D eigenvalue weighted by Crippen LogP contribution is 2.35. The fraction of sp³-hybridized carbons (Fsp3) is 0.294. The number of halogens is 2. The minimum atomic E-state index is -1.15. The Hall–Kier alpha value is -1.03. The fourth-order valence-corrected chi connectivity index (χ4v) is 2.99. The second-order valence-electron chi connectivity index (χ2n) is 5.07. The van der Waals surface area contributed by atoms with Crippen LogP contribution in [0.3, 0.4) is 0 Å². The third kappa shape index (κ3) is 3.79. The van der Waals surface area contributed by atoms with Gasteiger partial charge in [0, 0.05) is 15.1 Å². The minimum Gasteiger partial charge on any atom is -0.494 e. The lowest BCUT2D eigenvalue weighted by atomic mass is 9.88. The number of ether oxygens (including phenoxy) is 1. The van der Waals surface area contributed by atoms with Crippen molar-refractivity contribution in [2.75, 3.05) is 6.61 Å². The van der Waals surface area contributed by atoms with E-state index in [1.807, 2.05) is 36.4 Å². The Balaban J connectivity index is 2.30. The predicted molar refractivity (Wildman–Crippen MR) is 90.1 cm³/mol. The van der Waals surface area contributed by atoms with Gasteiger partial charge < -0.3 is 9.84 Å². The zero-order valence-electron chi connectivity index (χ0n) is 12.1. The molecule has 0 fully saturated rings. The van der Waals surface area contributed by atoms with Crippen LogP contribution in [0, 0.1) is 0 Å². The van der Waals surface area contributed by atoms with Crippen molar-refractivity contribution in [3.05, 3.63) is 63.1 Å². The summed E-state index contributed by atoms with van der Waals surface area (Å²) in [6.07, 6.45) is 0.966. The lowest BCUT2D eigenvalue weighted by molar-refractivity contribution is 0.102. The lowest BCUT2D eigenvalue weighted by Gasteiger charge is -2.26. The number of hydrogen-bond donors (Lipinski definition) is 1. The molecular weight excluding hydrogens is 352 g/mol. The van der Waals surface area contributed by atoms with E-state index in [-0.39, 0.29) is 0 Å². The zero-order valence-corrected chi connectivity index (χ0v) is 14.4. The van der Waals surface area contributed by atoms with Gasteiger partial charge in [0.05, 0.1) is 6.61 Å². The number of benzene rings is 2. The van der Waals surface area contributed by atoms with E-state index in [0.29, 0.717) is 17.2 Å². The molecule has 0 aromatic heterocycles. The summed E-state index contributed by atoms with van der Waals surface area (Å²) in [5, 5.41) is 11.4. The molecule has 0 saturated carbocycles. The molecule has 0 aliphatic rings.